The number of hydrogen-bond donors (Lipinski definition) is 2. The molecule has 1 amide bonds. The SMILES string of the molecule is Cc1cccc(Nc2ccnc(C(=O)Nc3c(C)cccc3C)c2)c1. The molecule has 25 heavy (non-hydrogen) atoms. The van der Waals surface area contributed by atoms with E-state index in [-0.39, 0.29) is 5.91 Å². The van der Waals surface area contributed by atoms with Gasteiger partial charge < -0.3 is 10.6 Å². The van der Waals surface area contributed by atoms with Gasteiger partial charge in [-0.1, -0.05) is 30.3 Å². The minimum atomic E-state index is -0.217. The molecule has 2 N–H and O–H groups in total. The van der Waals surface area contributed by atoms with Gasteiger partial charge in [0.1, 0.15) is 5.69 Å². The number of carbonyl (C=O) groups excluding carboxylic acids is 1. The van der Waals surface area contributed by atoms with Crippen LogP contribution in [0.15, 0.2) is 60.8 Å². The molecule has 0 radical (unpaired) electrons. The number of amides is 1. The minimum Gasteiger partial charge on any atom is -0.355 e. The third-order valence-corrected chi connectivity index (χ3v) is 4.02. The second kappa shape index (κ2) is 7.18. The monoisotopic (exact) mass is 331 g/mol. The van der Waals surface area contributed by atoms with Gasteiger partial charge in [-0.3, -0.25) is 9.78 Å². The molecule has 0 aliphatic rings. The van der Waals surface area contributed by atoms with Crippen LogP contribution in [0.3, 0.4) is 0 Å². The number of aryl methyl sites for hydroxylation is 3. The van der Waals surface area contributed by atoms with E-state index in [1.165, 1.54) is 5.56 Å². The summed E-state index contributed by atoms with van der Waals surface area (Å²) in [5.41, 5.74) is 6.25. The first-order chi connectivity index (χ1) is 12.0. The molecular weight excluding hydrogens is 310 g/mol. The highest BCUT2D eigenvalue weighted by atomic mass is 16.1. The number of para-hydroxylation sites is 1. The first-order valence-corrected chi connectivity index (χ1v) is 8.20. The predicted molar refractivity (Wildman–Crippen MR) is 103 cm³/mol. The molecule has 0 fully saturated rings. The predicted octanol–water partition coefficient (Wildman–Crippen LogP) is 5.00. The van der Waals surface area contributed by atoms with E-state index in [9.17, 15) is 4.79 Å². The fourth-order valence-corrected chi connectivity index (χ4v) is 2.71. The molecule has 1 heterocycles. The Morgan fingerprint density at radius 1 is 0.880 bits per heavy atom. The Bertz CT molecular complexity index is 898. The summed E-state index contributed by atoms with van der Waals surface area (Å²) in [6.07, 6.45) is 1.64. The molecule has 2 aromatic carbocycles. The van der Waals surface area contributed by atoms with E-state index in [0.717, 1.165) is 28.2 Å². The summed E-state index contributed by atoms with van der Waals surface area (Å²) in [7, 11) is 0. The zero-order valence-corrected chi connectivity index (χ0v) is 14.6. The summed E-state index contributed by atoms with van der Waals surface area (Å²) >= 11 is 0. The highest BCUT2D eigenvalue weighted by molar-refractivity contribution is 6.04. The van der Waals surface area contributed by atoms with Gasteiger partial charge in [0.15, 0.2) is 0 Å². The van der Waals surface area contributed by atoms with Crippen molar-refractivity contribution in [3.05, 3.63) is 83.2 Å². The fraction of sp³-hybridized carbons (Fsp3) is 0.143. The normalized spacial score (nSPS) is 10.4. The number of pyridine rings is 1. The van der Waals surface area contributed by atoms with Crippen LogP contribution in [-0.2, 0) is 0 Å². The number of hydrogen-bond acceptors (Lipinski definition) is 3. The van der Waals surface area contributed by atoms with Crippen LogP contribution < -0.4 is 10.6 Å². The molecule has 0 spiro atoms. The molecule has 0 bridgehead atoms. The number of rotatable bonds is 4. The van der Waals surface area contributed by atoms with Gasteiger partial charge in [-0.2, -0.15) is 0 Å². The van der Waals surface area contributed by atoms with Crippen LogP contribution in [0.5, 0.6) is 0 Å². The Balaban J connectivity index is 1.80. The summed E-state index contributed by atoms with van der Waals surface area (Å²) in [5, 5.41) is 6.27. The Kier molecular flexibility index (Phi) is 4.80. The van der Waals surface area contributed by atoms with Crippen LogP contribution in [0.2, 0.25) is 0 Å². The second-order valence-corrected chi connectivity index (χ2v) is 6.15. The average Bonchev–Trinajstić information content (AvgIpc) is 2.58. The van der Waals surface area contributed by atoms with Crippen LogP contribution in [0.25, 0.3) is 0 Å². The molecule has 0 aliphatic carbocycles. The lowest BCUT2D eigenvalue weighted by Gasteiger charge is -2.12. The lowest BCUT2D eigenvalue weighted by Crippen LogP contribution is -2.15. The molecule has 0 saturated carbocycles. The van der Waals surface area contributed by atoms with Crippen molar-refractivity contribution in [1.82, 2.24) is 4.98 Å². The number of nitrogens with zero attached hydrogens (tertiary/aromatic N) is 1. The topological polar surface area (TPSA) is 54.0 Å². The number of aromatic nitrogens is 1. The molecule has 3 rings (SSSR count). The van der Waals surface area contributed by atoms with Gasteiger partial charge >= 0.3 is 0 Å². The van der Waals surface area contributed by atoms with E-state index in [0.29, 0.717) is 5.69 Å². The maximum Gasteiger partial charge on any atom is 0.274 e. The number of nitrogens with one attached hydrogen (secondary N) is 2. The first-order valence-electron chi connectivity index (χ1n) is 8.20. The summed E-state index contributed by atoms with van der Waals surface area (Å²) in [6, 6.07) is 17.6. The summed E-state index contributed by atoms with van der Waals surface area (Å²) in [5.74, 6) is -0.217. The van der Waals surface area contributed by atoms with Gasteiger partial charge in [0.25, 0.3) is 5.91 Å². The standard InChI is InChI=1S/C21H21N3O/c1-14-6-4-9-17(12-14)23-18-10-11-22-19(13-18)21(25)24-20-15(2)7-5-8-16(20)3/h4-13H,1-3H3,(H,22,23)(H,24,25). The summed E-state index contributed by atoms with van der Waals surface area (Å²) in [6.45, 7) is 6.00. The number of benzene rings is 2. The van der Waals surface area contributed by atoms with Crippen molar-refractivity contribution >= 4 is 23.0 Å². The largest absolute Gasteiger partial charge is 0.355 e. The average molecular weight is 331 g/mol. The van der Waals surface area contributed by atoms with Crippen molar-refractivity contribution in [2.45, 2.75) is 20.8 Å². The molecule has 0 saturated heterocycles. The zero-order chi connectivity index (χ0) is 17.8. The van der Waals surface area contributed by atoms with Crippen LogP contribution >= 0.6 is 0 Å². The van der Waals surface area contributed by atoms with E-state index >= 15 is 0 Å². The maximum absolute atomic E-state index is 12.6. The highest BCUT2D eigenvalue weighted by Crippen LogP contribution is 2.21. The van der Waals surface area contributed by atoms with Crippen molar-refractivity contribution in [1.29, 1.82) is 0 Å². The van der Waals surface area contributed by atoms with E-state index < -0.39 is 0 Å². The van der Waals surface area contributed by atoms with Crippen LogP contribution in [0.1, 0.15) is 27.2 Å². The van der Waals surface area contributed by atoms with Gasteiger partial charge in [0, 0.05) is 23.3 Å². The first kappa shape index (κ1) is 16.7. The van der Waals surface area contributed by atoms with Crippen molar-refractivity contribution in [3.8, 4) is 0 Å². The van der Waals surface area contributed by atoms with Crippen LogP contribution in [0, 0.1) is 20.8 Å². The van der Waals surface area contributed by atoms with Crippen molar-refractivity contribution in [2.75, 3.05) is 10.6 Å². The Hall–Kier alpha value is -3.14. The summed E-state index contributed by atoms with van der Waals surface area (Å²) in [4.78, 5) is 16.8. The van der Waals surface area contributed by atoms with Crippen LogP contribution in [-0.4, -0.2) is 10.9 Å². The van der Waals surface area contributed by atoms with Gasteiger partial charge in [-0.15, -0.1) is 0 Å². The molecule has 1 aromatic heterocycles. The zero-order valence-electron chi connectivity index (χ0n) is 14.6. The molecule has 3 aromatic rings. The van der Waals surface area contributed by atoms with E-state index in [1.54, 1.807) is 12.3 Å². The Morgan fingerprint density at radius 3 is 2.28 bits per heavy atom. The maximum atomic E-state index is 12.6. The molecule has 0 unspecified atom stereocenters. The second-order valence-electron chi connectivity index (χ2n) is 6.15. The van der Waals surface area contributed by atoms with Gasteiger partial charge in [0.2, 0.25) is 0 Å². The fourth-order valence-electron chi connectivity index (χ4n) is 2.71. The molecule has 0 aliphatic heterocycles. The van der Waals surface area contributed by atoms with Crippen molar-refractivity contribution in [3.63, 3.8) is 0 Å². The quantitative estimate of drug-likeness (QED) is 0.707. The summed E-state index contributed by atoms with van der Waals surface area (Å²) < 4.78 is 0. The lowest BCUT2D eigenvalue weighted by molar-refractivity contribution is 0.102. The van der Waals surface area contributed by atoms with E-state index in [4.69, 9.17) is 0 Å². The van der Waals surface area contributed by atoms with Gasteiger partial charge in [-0.05, 0) is 61.7 Å². The van der Waals surface area contributed by atoms with Gasteiger partial charge in [-0.25, -0.2) is 0 Å². The Labute approximate surface area is 147 Å². The van der Waals surface area contributed by atoms with Crippen molar-refractivity contribution < 1.29 is 4.79 Å². The molecule has 4 nitrogen and oxygen atoms in total. The molecule has 0 atom stereocenters. The lowest BCUT2D eigenvalue weighted by atomic mass is 10.1. The van der Waals surface area contributed by atoms with E-state index in [1.807, 2.05) is 63.2 Å². The minimum absolute atomic E-state index is 0.217. The smallest absolute Gasteiger partial charge is 0.274 e. The number of anilines is 3. The highest BCUT2D eigenvalue weighted by Gasteiger charge is 2.11. The van der Waals surface area contributed by atoms with Gasteiger partial charge in [0.05, 0.1) is 0 Å². The van der Waals surface area contributed by atoms with E-state index in [2.05, 4.69) is 21.7 Å². The van der Waals surface area contributed by atoms with Crippen LogP contribution in [0.4, 0.5) is 17.1 Å². The molecule has 126 valence electrons. The van der Waals surface area contributed by atoms with Crippen molar-refractivity contribution in [2.24, 2.45) is 0 Å². The Morgan fingerprint density at radius 2 is 1.56 bits per heavy atom. The molecule has 4 heteroatoms. The third-order valence-electron chi connectivity index (χ3n) is 4.02. The molecular formula is C21H21N3O. The third kappa shape index (κ3) is 4.04. The number of carbonyl (C=O) groups is 1.